The molecule has 2 aliphatic rings. The molecule has 1 amide bonds. The van der Waals surface area contributed by atoms with Crippen molar-refractivity contribution in [2.75, 3.05) is 13.1 Å². The van der Waals surface area contributed by atoms with E-state index < -0.39 is 0 Å². The van der Waals surface area contributed by atoms with E-state index in [-0.39, 0.29) is 18.3 Å². The van der Waals surface area contributed by atoms with Gasteiger partial charge in [-0.05, 0) is 41.1 Å². The summed E-state index contributed by atoms with van der Waals surface area (Å²) in [5.41, 5.74) is 1.51. The number of nitrogens with zero attached hydrogens (tertiary/aromatic N) is 2. The van der Waals surface area contributed by atoms with E-state index in [0.717, 1.165) is 29.7 Å². The van der Waals surface area contributed by atoms with E-state index in [4.69, 9.17) is 0 Å². The van der Waals surface area contributed by atoms with Gasteiger partial charge < -0.3 is 10.2 Å². The Morgan fingerprint density at radius 1 is 1.33 bits per heavy atom. The Hall–Kier alpha value is -0.590. The molecular weight excluding hydrogens is 356 g/mol. The lowest BCUT2D eigenvalue weighted by molar-refractivity contribution is 0.0741. The normalized spacial score (nSPS) is 24.9. The number of carbonyl (C=O) groups excluding carboxylic acids is 1. The largest absolute Gasteiger partial charge is 0.336 e. The number of hydrogen-bond donors (Lipinski definition) is 2. The van der Waals surface area contributed by atoms with E-state index in [1.807, 2.05) is 4.90 Å². The quantitative estimate of drug-likeness (QED) is 0.833. The molecule has 2 unspecified atom stereocenters. The molecule has 0 aliphatic carbocycles. The predicted molar refractivity (Wildman–Crippen MR) is 88.1 cm³/mol. The number of fused-ring (bicyclic) bond motifs is 2. The summed E-state index contributed by atoms with van der Waals surface area (Å²) < 4.78 is 0.819. The molecule has 3 rings (SSSR count). The fourth-order valence-corrected chi connectivity index (χ4v) is 3.95. The Labute approximate surface area is 139 Å². The minimum absolute atomic E-state index is 0. The van der Waals surface area contributed by atoms with E-state index in [1.165, 1.54) is 12.8 Å². The summed E-state index contributed by atoms with van der Waals surface area (Å²) in [4.78, 5) is 14.6. The lowest BCUT2D eigenvalue weighted by atomic mass is 10.1. The second-order valence-corrected chi connectivity index (χ2v) is 6.93. The van der Waals surface area contributed by atoms with Crippen molar-refractivity contribution >= 4 is 34.2 Å². The maximum atomic E-state index is 12.7. The van der Waals surface area contributed by atoms with E-state index in [2.05, 4.69) is 45.3 Å². The van der Waals surface area contributed by atoms with Gasteiger partial charge in [0.15, 0.2) is 5.69 Å². The monoisotopic (exact) mass is 376 g/mol. The van der Waals surface area contributed by atoms with Gasteiger partial charge in [-0.25, -0.2) is 0 Å². The maximum Gasteiger partial charge on any atom is 0.275 e. The number of aromatic amines is 1. The molecule has 7 heteroatoms. The third-order valence-corrected chi connectivity index (χ3v) is 5.13. The highest BCUT2D eigenvalue weighted by Crippen LogP contribution is 2.28. The molecule has 2 fully saturated rings. The zero-order chi connectivity index (χ0) is 14.3. The van der Waals surface area contributed by atoms with Crippen LogP contribution in [0.3, 0.4) is 0 Å². The molecule has 0 radical (unpaired) electrons. The number of likely N-dealkylation sites (tertiary alicyclic amines) is 1. The first kappa shape index (κ1) is 16.8. The summed E-state index contributed by atoms with van der Waals surface area (Å²) >= 11 is 3.52. The molecular formula is C14H22BrClN4O. The molecule has 5 nitrogen and oxygen atoms in total. The Morgan fingerprint density at radius 2 is 2.05 bits per heavy atom. The minimum atomic E-state index is 0. The van der Waals surface area contributed by atoms with Crippen molar-refractivity contribution in [1.29, 1.82) is 0 Å². The molecule has 2 bridgehead atoms. The lowest BCUT2D eigenvalue weighted by Gasteiger charge is -2.23. The molecule has 1 aromatic heterocycles. The SMILES string of the molecule is CC(C)c1[nH]nc(C(=O)N2CCC3CCC(C2)N3)c1Br.Cl. The second kappa shape index (κ2) is 6.67. The van der Waals surface area contributed by atoms with Crippen molar-refractivity contribution in [3.05, 3.63) is 15.9 Å². The van der Waals surface area contributed by atoms with Gasteiger partial charge in [-0.3, -0.25) is 9.89 Å². The number of amides is 1. The maximum absolute atomic E-state index is 12.7. The molecule has 0 aromatic carbocycles. The number of rotatable bonds is 2. The van der Waals surface area contributed by atoms with Crippen molar-refractivity contribution in [3.63, 3.8) is 0 Å². The molecule has 1 aromatic rings. The Bertz CT molecular complexity index is 519. The number of nitrogens with one attached hydrogen (secondary N) is 2. The fraction of sp³-hybridized carbons (Fsp3) is 0.714. The first-order valence-electron chi connectivity index (χ1n) is 7.35. The number of carbonyl (C=O) groups is 1. The van der Waals surface area contributed by atoms with Gasteiger partial charge in [0.05, 0.1) is 10.2 Å². The van der Waals surface area contributed by atoms with Crippen LogP contribution in [0.25, 0.3) is 0 Å². The van der Waals surface area contributed by atoms with Crippen molar-refractivity contribution in [2.24, 2.45) is 0 Å². The standard InChI is InChI=1S/C14H21BrN4O.ClH/c1-8(2)12-11(15)13(18-17-12)14(20)19-6-5-9-3-4-10(7-19)16-9;/h8-10,16H,3-7H2,1-2H3,(H,17,18);1H. The van der Waals surface area contributed by atoms with Crippen LogP contribution >= 0.6 is 28.3 Å². The summed E-state index contributed by atoms with van der Waals surface area (Å²) in [5.74, 6) is 0.356. The van der Waals surface area contributed by atoms with Gasteiger partial charge in [0.1, 0.15) is 0 Å². The third-order valence-electron chi connectivity index (χ3n) is 4.32. The van der Waals surface area contributed by atoms with Crippen LogP contribution in [-0.2, 0) is 0 Å². The van der Waals surface area contributed by atoms with E-state index in [9.17, 15) is 4.79 Å². The second-order valence-electron chi connectivity index (χ2n) is 6.13. The molecule has 3 heterocycles. The van der Waals surface area contributed by atoms with E-state index in [0.29, 0.717) is 23.7 Å². The fourth-order valence-electron chi connectivity index (χ4n) is 3.14. The van der Waals surface area contributed by atoms with Gasteiger partial charge in [0, 0.05) is 25.2 Å². The van der Waals surface area contributed by atoms with Crippen LogP contribution in [0.4, 0.5) is 0 Å². The average molecular weight is 378 g/mol. The van der Waals surface area contributed by atoms with Crippen molar-refractivity contribution in [2.45, 2.75) is 51.1 Å². The van der Waals surface area contributed by atoms with Gasteiger partial charge >= 0.3 is 0 Å². The van der Waals surface area contributed by atoms with Gasteiger partial charge in [0.2, 0.25) is 0 Å². The summed E-state index contributed by atoms with van der Waals surface area (Å²) in [6, 6.07) is 1.04. The van der Waals surface area contributed by atoms with Crippen LogP contribution in [0.15, 0.2) is 4.47 Å². The first-order chi connectivity index (χ1) is 9.56. The third kappa shape index (κ3) is 3.27. The van der Waals surface area contributed by atoms with Gasteiger partial charge in [0.25, 0.3) is 5.91 Å². The van der Waals surface area contributed by atoms with Crippen molar-refractivity contribution < 1.29 is 4.79 Å². The van der Waals surface area contributed by atoms with E-state index >= 15 is 0 Å². The van der Waals surface area contributed by atoms with Crippen molar-refractivity contribution in [1.82, 2.24) is 20.4 Å². The molecule has 2 atom stereocenters. The highest BCUT2D eigenvalue weighted by molar-refractivity contribution is 9.10. The van der Waals surface area contributed by atoms with Crippen LogP contribution in [0.5, 0.6) is 0 Å². The Balaban J connectivity index is 0.00000161. The number of halogens is 2. The Morgan fingerprint density at radius 3 is 2.71 bits per heavy atom. The summed E-state index contributed by atoms with van der Waals surface area (Å²) in [5, 5.41) is 10.8. The summed E-state index contributed by atoms with van der Waals surface area (Å²) in [6.45, 7) is 5.79. The molecule has 2 N–H and O–H groups in total. The van der Waals surface area contributed by atoms with Crippen molar-refractivity contribution in [3.8, 4) is 0 Å². The van der Waals surface area contributed by atoms with Crippen LogP contribution in [-0.4, -0.2) is 46.2 Å². The first-order valence-corrected chi connectivity index (χ1v) is 8.14. The van der Waals surface area contributed by atoms with E-state index in [1.54, 1.807) is 0 Å². The number of aromatic nitrogens is 2. The van der Waals surface area contributed by atoms with Gasteiger partial charge in [-0.2, -0.15) is 5.10 Å². The van der Waals surface area contributed by atoms with Gasteiger partial charge in [-0.15, -0.1) is 12.4 Å². The van der Waals surface area contributed by atoms with Crippen LogP contribution < -0.4 is 5.32 Å². The average Bonchev–Trinajstić information content (AvgIpc) is 2.92. The highest BCUT2D eigenvalue weighted by Gasteiger charge is 2.33. The predicted octanol–water partition coefficient (Wildman–Crippen LogP) is 2.68. The number of hydrogen-bond acceptors (Lipinski definition) is 3. The van der Waals surface area contributed by atoms with Crippen LogP contribution in [0.1, 0.15) is 55.2 Å². The zero-order valence-electron chi connectivity index (χ0n) is 12.4. The Kier molecular flexibility index (Phi) is 5.33. The molecule has 2 aliphatic heterocycles. The lowest BCUT2D eigenvalue weighted by Crippen LogP contribution is -2.39. The topological polar surface area (TPSA) is 61.0 Å². The summed E-state index contributed by atoms with van der Waals surface area (Å²) in [6.07, 6.45) is 3.46. The zero-order valence-corrected chi connectivity index (χ0v) is 14.8. The molecule has 2 saturated heterocycles. The molecule has 118 valence electrons. The molecule has 0 saturated carbocycles. The molecule has 21 heavy (non-hydrogen) atoms. The van der Waals surface area contributed by atoms with Gasteiger partial charge in [-0.1, -0.05) is 13.8 Å². The van der Waals surface area contributed by atoms with Crippen LogP contribution in [0, 0.1) is 0 Å². The minimum Gasteiger partial charge on any atom is -0.336 e. The smallest absolute Gasteiger partial charge is 0.275 e. The van der Waals surface area contributed by atoms with Crippen LogP contribution in [0.2, 0.25) is 0 Å². The number of H-pyrrole nitrogens is 1. The highest BCUT2D eigenvalue weighted by atomic mass is 79.9. The summed E-state index contributed by atoms with van der Waals surface area (Å²) in [7, 11) is 0. The molecule has 0 spiro atoms.